The van der Waals surface area contributed by atoms with Crippen LogP contribution in [0.3, 0.4) is 0 Å². The first-order valence-electron chi connectivity index (χ1n) is 5.18. The molecular weight excluding hydrogens is 158 g/mol. The van der Waals surface area contributed by atoms with Crippen LogP contribution in [0.1, 0.15) is 24.8 Å². The van der Waals surface area contributed by atoms with Gasteiger partial charge < -0.3 is 4.90 Å². The van der Waals surface area contributed by atoms with Crippen molar-refractivity contribution < 1.29 is 0 Å². The number of rotatable bonds is 0. The van der Waals surface area contributed by atoms with Gasteiger partial charge in [0.25, 0.3) is 0 Å². The third-order valence-corrected chi connectivity index (χ3v) is 4.40. The van der Waals surface area contributed by atoms with Gasteiger partial charge in [0, 0.05) is 24.2 Å². The van der Waals surface area contributed by atoms with Gasteiger partial charge in [-0.25, -0.2) is 0 Å². The third-order valence-electron chi connectivity index (χ3n) is 4.40. The van der Waals surface area contributed by atoms with E-state index in [1.165, 1.54) is 18.7 Å². The van der Waals surface area contributed by atoms with Crippen molar-refractivity contribution in [2.24, 2.45) is 5.41 Å². The van der Waals surface area contributed by atoms with E-state index >= 15 is 0 Å². The molecule has 1 aliphatic carbocycles. The highest BCUT2D eigenvalue weighted by molar-refractivity contribution is 5.70. The Balaban J connectivity index is 1.99. The average molecular weight is 171 g/mol. The van der Waals surface area contributed by atoms with E-state index in [0.29, 0.717) is 5.41 Å². The summed E-state index contributed by atoms with van der Waals surface area (Å²) in [4.78, 5) is 2.62. The van der Waals surface area contributed by atoms with Crippen LogP contribution in [0.2, 0.25) is 0 Å². The minimum Gasteiger partial charge on any atom is -0.367 e. The Morgan fingerprint density at radius 2 is 2.23 bits per heavy atom. The van der Waals surface area contributed by atoms with E-state index in [0.717, 1.165) is 12.0 Å². The van der Waals surface area contributed by atoms with Crippen molar-refractivity contribution in [3.8, 4) is 0 Å². The Kier molecular flexibility index (Phi) is 0.813. The number of hydrogen-bond acceptors (Lipinski definition) is 1. The summed E-state index contributed by atoms with van der Waals surface area (Å²) in [6.45, 7) is 3.74. The molecule has 2 fully saturated rings. The topological polar surface area (TPSA) is 3.24 Å². The van der Waals surface area contributed by atoms with Gasteiger partial charge in [0.05, 0.1) is 0 Å². The lowest BCUT2D eigenvalue weighted by Crippen LogP contribution is -2.19. The van der Waals surface area contributed by atoms with E-state index in [9.17, 15) is 0 Å². The molecular formula is C12H13N. The molecule has 0 N–H and O–H groups in total. The molecule has 0 unspecified atom stereocenters. The lowest BCUT2D eigenvalue weighted by molar-refractivity contribution is 0.549. The standard InChI is InChI=1S/C12H13N/c1-12-6-7-13-9-5-3-2-4-8(9)10(12)11(12)13/h2-5,10-11H,6-7H2,1H3/t10-,11+,12-/m0/s1. The normalized spacial score (nSPS) is 43.3. The summed E-state index contributed by atoms with van der Waals surface area (Å²) in [6, 6.07) is 9.82. The van der Waals surface area contributed by atoms with E-state index < -0.39 is 0 Å². The van der Waals surface area contributed by atoms with Gasteiger partial charge in [-0.05, 0) is 23.5 Å². The van der Waals surface area contributed by atoms with Crippen molar-refractivity contribution in [1.82, 2.24) is 0 Å². The van der Waals surface area contributed by atoms with Crippen LogP contribution in [0, 0.1) is 5.41 Å². The third kappa shape index (κ3) is 0.508. The van der Waals surface area contributed by atoms with Gasteiger partial charge in [0.1, 0.15) is 0 Å². The molecule has 66 valence electrons. The summed E-state index contributed by atoms with van der Waals surface area (Å²) >= 11 is 0. The molecule has 1 nitrogen and oxygen atoms in total. The van der Waals surface area contributed by atoms with Crippen LogP contribution in [0.25, 0.3) is 0 Å². The minimum absolute atomic E-state index is 0.647. The SMILES string of the molecule is C[C@]12CCN3c4ccccc4[C@H]1[C@@H]32. The van der Waals surface area contributed by atoms with Gasteiger partial charge in [0.2, 0.25) is 0 Å². The quantitative estimate of drug-likeness (QED) is 0.579. The molecule has 2 aliphatic heterocycles. The Morgan fingerprint density at radius 3 is 3.15 bits per heavy atom. The smallest absolute Gasteiger partial charge is 0.0426 e. The number of anilines is 1. The van der Waals surface area contributed by atoms with E-state index in [1.807, 2.05) is 0 Å². The molecule has 1 heteroatoms. The molecule has 0 radical (unpaired) electrons. The predicted molar refractivity (Wildman–Crippen MR) is 53.0 cm³/mol. The van der Waals surface area contributed by atoms with Gasteiger partial charge in [0.15, 0.2) is 0 Å². The van der Waals surface area contributed by atoms with E-state index in [-0.39, 0.29) is 0 Å². The second kappa shape index (κ2) is 1.63. The highest BCUT2D eigenvalue weighted by Crippen LogP contribution is 2.73. The number of para-hydroxylation sites is 1. The van der Waals surface area contributed by atoms with Crippen molar-refractivity contribution in [3.05, 3.63) is 29.8 Å². The Labute approximate surface area is 78.4 Å². The molecule has 0 spiro atoms. The summed E-state index contributed by atoms with van der Waals surface area (Å²) in [5.74, 6) is 0.873. The fourth-order valence-corrected chi connectivity index (χ4v) is 3.69. The molecule has 1 saturated carbocycles. The van der Waals surface area contributed by atoms with Crippen molar-refractivity contribution in [1.29, 1.82) is 0 Å². The van der Waals surface area contributed by atoms with E-state index in [1.54, 1.807) is 5.56 Å². The maximum atomic E-state index is 2.62. The average Bonchev–Trinajstić information content (AvgIpc) is 2.51. The number of hydrogen-bond donors (Lipinski definition) is 0. The molecule has 0 bridgehead atoms. The van der Waals surface area contributed by atoms with Crippen molar-refractivity contribution in [3.63, 3.8) is 0 Å². The van der Waals surface area contributed by atoms with Gasteiger partial charge in [-0.3, -0.25) is 0 Å². The zero-order valence-electron chi connectivity index (χ0n) is 7.83. The second-order valence-corrected chi connectivity index (χ2v) is 4.93. The van der Waals surface area contributed by atoms with Crippen molar-refractivity contribution in [2.75, 3.05) is 11.4 Å². The summed E-state index contributed by atoms with van der Waals surface area (Å²) in [7, 11) is 0. The second-order valence-electron chi connectivity index (χ2n) is 4.93. The zero-order chi connectivity index (χ0) is 8.63. The summed E-state index contributed by atoms with van der Waals surface area (Å²) in [5.41, 5.74) is 3.79. The van der Waals surface area contributed by atoms with E-state index in [2.05, 4.69) is 36.1 Å². The molecule has 3 atom stereocenters. The van der Waals surface area contributed by atoms with Crippen LogP contribution in [-0.4, -0.2) is 12.6 Å². The monoisotopic (exact) mass is 171 g/mol. The number of piperidine rings is 1. The highest BCUT2D eigenvalue weighted by Gasteiger charge is 2.71. The van der Waals surface area contributed by atoms with Gasteiger partial charge in [-0.1, -0.05) is 25.1 Å². The molecule has 1 saturated heterocycles. The minimum atomic E-state index is 0.647. The van der Waals surface area contributed by atoms with Crippen LogP contribution < -0.4 is 4.90 Å². The number of benzene rings is 1. The number of fused-ring (bicyclic) bond motifs is 4. The first kappa shape index (κ1) is 6.47. The van der Waals surface area contributed by atoms with Gasteiger partial charge >= 0.3 is 0 Å². The van der Waals surface area contributed by atoms with Crippen LogP contribution in [0.5, 0.6) is 0 Å². The highest BCUT2D eigenvalue weighted by atomic mass is 15.3. The van der Waals surface area contributed by atoms with Gasteiger partial charge in [-0.15, -0.1) is 0 Å². The molecule has 13 heavy (non-hydrogen) atoms. The maximum absolute atomic E-state index is 2.62. The first-order valence-corrected chi connectivity index (χ1v) is 5.18. The summed E-state index contributed by atoms with van der Waals surface area (Å²) in [6.07, 6.45) is 1.40. The molecule has 0 amide bonds. The van der Waals surface area contributed by atoms with Crippen LogP contribution in [0.4, 0.5) is 5.69 Å². The van der Waals surface area contributed by atoms with Crippen LogP contribution >= 0.6 is 0 Å². The zero-order valence-corrected chi connectivity index (χ0v) is 7.83. The fraction of sp³-hybridized carbons (Fsp3) is 0.500. The lowest BCUT2D eigenvalue weighted by Gasteiger charge is -2.16. The van der Waals surface area contributed by atoms with Crippen molar-refractivity contribution >= 4 is 5.69 Å². The van der Waals surface area contributed by atoms with Crippen LogP contribution in [0.15, 0.2) is 24.3 Å². The molecule has 1 aromatic carbocycles. The molecule has 3 aliphatic rings. The van der Waals surface area contributed by atoms with Crippen LogP contribution in [-0.2, 0) is 0 Å². The van der Waals surface area contributed by atoms with E-state index in [4.69, 9.17) is 0 Å². The molecule has 4 rings (SSSR count). The molecule has 1 aromatic rings. The summed E-state index contributed by atoms with van der Waals surface area (Å²) < 4.78 is 0. The summed E-state index contributed by atoms with van der Waals surface area (Å²) in [5, 5.41) is 0. The Hall–Kier alpha value is -0.980. The number of nitrogens with zero attached hydrogens (tertiary/aromatic N) is 1. The fourth-order valence-electron chi connectivity index (χ4n) is 3.69. The Morgan fingerprint density at radius 1 is 1.38 bits per heavy atom. The molecule has 2 heterocycles. The maximum Gasteiger partial charge on any atom is 0.0426 e. The first-order chi connectivity index (χ1) is 6.32. The Bertz CT molecular complexity index is 396. The van der Waals surface area contributed by atoms with Crippen molar-refractivity contribution in [2.45, 2.75) is 25.3 Å². The molecule has 0 aromatic heterocycles. The predicted octanol–water partition coefficient (Wildman–Crippen LogP) is 2.38. The van der Waals surface area contributed by atoms with Gasteiger partial charge in [-0.2, -0.15) is 0 Å². The largest absolute Gasteiger partial charge is 0.367 e. The lowest BCUT2D eigenvalue weighted by atomic mass is 9.98.